The van der Waals surface area contributed by atoms with E-state index in [0.29, 0.717) is 11.6 Å². The molecule has 1 saturated carbocycles. The number of hydrogen-bond acceptors (Lipinski definition) is 7. The molecule has 188 valence electrons. The Labute approximate surface area is 215 Å². The molecule has 4 heterocycles. The Balaban J connectivity index is 1.63. The van der Waals surface area contributed by atoms with Crippen molar-refractivity contribution < 1.29 is 9.47 Å². The van der Waals surface area contributed by atoms with Crippen LogP contribution in [0.4, 0.5) is 5.82 Å². The summed E-state index contributed by atoms with van der Waals surface area (Å²) in [5, 5.41) is 8.60. The zero-order valence-corrected chi connectivity index (χ0v) is 21.3. The molecule has 0 atom stereocenters. The summed E-state index contributed by atoms with van der Waals surface area (Å²) in [4.78, 5) is 14.2. The van der Waals surface area contributed by atoms with E-state index in [2.05, 4.69) is 29.5 Å². The number of rotatable bonds is 7. The van der Waals surface area contributed by atoms with Gasteiger partial charge in [-0.2, -0.15) is 0 Å². The lowest BCUT2D eigenvalue weighted by molar-refractivity contribution is 0.0328. The van der Waals surface area contributed by atoms with Gasteiger partial charge in [0.05, 0.1) is 18.9 Å². The second-order valence-electron chi connectivity index (χ2n) is 9.37. The SMILES string of the molecule is COc1cccc(-c2cn3nc(-c4nccn4C)nc(NC4CC(OC)C4)c3c2-c2ccccn2)c1C. The lowest BCUT2D eigenvalue weighted by Gasteiger charge is -2.35. The molecule has 1 aliphatic rings. The smallest absolute Gasteiger partial charge is 0.218 e. The standard InChI is InChI=1S/C28H29N7O2/c1-17-20(8-7-10-23(17)37-4)21-16-35-25(24(21)22-9-5-6-11-29-22)26(31-18-14-19(15-18)36-3)32-27(33-35)28-30-12-13-34(28)2/h5-13,16,18-19H,14-15H2,1-4H3,(H,31,32,33). The molecule has 0 aliphatic heterocycles. The van der Waals surface area contributed by atoms with Crippen molar-refractivity contribution in [3.8, 4) is 39.8 Å². The van der Waals surface area contributed by atoms with Crippen LogP contribution in [0.2, 0.25) is 0 Å². The van der Waals surface area contributed by atoms with Gasteiger partial charge in [-0.15, -0.1) is 5.10 Å². The van der Waals surface area contributed by atoms with E-state index >= 15 is 0 Å². The van der Waals surface area contributed by atoms with Crippen LogP contribution in [0.1, 0.15) is 18.4 Å². The Morgan fingerprint density at radius 3 is 2.57 bits per heavy atom. The minimum atomic E-state index is 0.256. The number of aryl methyl sites for hydroxylation is 1. The molecule has 6 rings (SSSR count). The van der Waals surface area contributed by atoms with Gasteiger partial charge in [-0.25, -0.2) is 14.5 Å². The van der Waals surface area contributed by atoms with E-state index in [1.165, 1.54) is 0 Å². The first kappa shape index (κ1) is 23.2. The van der Waals surface area contributed by atoms with Crippen LogP contribution in [0.15, 0.2) is 61.2 Å². The maximum absolute atomic E-state index is 5.64. The van der Waals surface area contributed by atoms with Crippen molar-refractivity contribution in [2.24, 2.45) is 7.05 Å². The molecule has 0 bridgehead atoms. The van der Waals surface area contributed by atoms with Crippen molar-refractivity contribution in [1.82, 2.24) is 29.1 Å². The van der Waals surface area contributed by atoms with E-state index in [-0.39, 0.29) is 12.1 Å². The average molecular weight is 496 g/mol. The van der Waals surface area contributed by atoms with Crippen LogP contribution in [0.3, 0.4) is 0 Å². The lowest BCUT2D eigenvalue weighted by Crippen LogP contribution is -2.40. The highest BCUT2D eigenvalue weighted by Gasteiger charge is 2.31. The first-order chi connectivity index (χ1) is 18.1. The molecule has 9 heteroatoms. The monoisotopic (exact) mass is 495 g/mol. The van der Waals surface area contributed by atoms with Crippen molar-refractivity contribution in [2.75, 3.05) is 19.5 Å². The fraction of sp³-hybridized carbons (Fsp3) is 0.286. The van der Waals surface area contributed by atoms with Crippen LogP contribution in [-0.4, -0.2) is 55.5 Å². The molecule has 0 radical (unpaired) electrons. The van der Waals surface area contributed by atoms with E-state index < -0.39 is 0 Å². The van der Waals surface area contributed by atoms with Crippen LogP contribution >= 0.6 is 0 Å². The molecule has 1 fully saturated rings. The molecular formula is C28H29N7O2. The van der Waals surface area contributed by atoms with Crippen molar-refractivity contribution in [2.45, 2.75) is 31.9 Å². The molecular weight excluding hydrogens is 466 g/mol. The highest BCUT2D eigenvalue weighted by atomic mass is 16.5. The third kappa shape index (κ3) is 4.01. The van der Waals surface area contributed by atoms with Crippen LogP contribution in [0, 0.1) is 6.92 Å². The first-order valence-electron chi connectivity index (χ1n) is 12.3. The molecule has 4 aromatic heterocycles. The van der Waals surface area contributed by atoms with Gasteiger partial charge in [0.15, 0.2) is 11.6 Å². The normalized spacial score (nSPS) is 17.1. The Hall–Kier alpha value is -4.24. The fourth-order valence-electron chi connectivity index (χ4n) is 5.03. The second-order valence-corrected chi connectivity index (χ2v) is 9.37. The third-order valence-electron chi connectivity index (χ3n) is 7.14. The second kappa shape index (κ2) is 9.33. The summed E-state index contributed by atoms with van der Waals surface area (Å²) in [7, 11) is 5.40. The average Bonchev–Trinajstić information content (AvgIpc) is 3.50. The summed E-state index contributed by atoms with van der Waals surface area (Å²) in [5.74, 6) is 2.82. The Morgan fingerprint density at radius 1 is 1.00 bits per heavy atom. The molecule has 0 unspecified atom stereocenters. The van der Waals surface area contributed by atoms with Gasteiger partial charge < -0.3 is 19.4 Å². The first-order valence-corrected chi connectivity index (χ1v) is 12.3. The van der Waals surface area contributed by atoms with Crippen LogP contribution in [0.5, 0.6) is 5.75 Å². The number of methoxy groups -OCH3 is 2. The minimum Gasteiger partial charge on any atom is -0.496 e. The van der Waals surface area contributed by atoms with Gasteiger partial charge in [0.1, 0.15) is 11.3 Å². The quantitative estimate of drug-likeness (QED) is 0.348. The van der Waals surface area contributed by atoms with Crippen LogP contribution < -0.4 is 10.1 Å². The summed E-state index contributed by atoms with van der Waals surface area (Å²) in [5.41, 5.74) is 5.79. The summed E-state index contributed by atoms with van der Waals surface area (Å²) >= 11 is 0. The highest BCUT2D eigenvalue weighted by molar-refractivity contribution is 5.99. The molecule has 0 spiro atoms. The summed E-state index contributed by atoms with van der Waals surface area (Å²) in [6.07, 6.45) is 9.63. The van der Waals surface area contributed by atoms with Crippen molar-refractivity contribution in [1.29, 1.82) is 0 Å². The zero-order valence-electron chi connectivity index (χ0n) is 21.3. The van der Waals surface area contributed by atoms with Gasteiger partial charge in [0.25, 0.3) is 0 Å². The summed E-state index contributed by atoms with van der Waals surface area (Å²) in [6, 6.07) is 12.3. The molecule has 5 aromatic rings. The van der Waals surface area contributed by atoms with E-state index in [4.69, 9.17) is 24.5 Å². The third-order valence-corrected chi connectivity index (χ3v) is 7.14. The largest absolute Gasteiger partial charge is 0.496 e. The van der Waals surface area contributed by atoms with Gasteiger partial charge in [-0.05, 0) is 49.1 Å². The van der Waals surface area contributed by atoms with Crippen molar-refractivity contribution >= 4 is 11.3 Å². The summed E-state index contributed by atoms with van der Waals surface area (Å²) < 4.78 is 15.0. The minimum absolute atomic E-state index is 0.256. The van der Waals surface area contributed by atoms with E-state index in [1.54, 1.807) is 20.4 Å². The Bertz CT molecular complexity index is 1570. The number of aromatic nitrogens is 6. The number of nitrogens with one attached hydrogen (secondary N) is 1. The maximum Gasteiger partial charge on any atom is 0.218 e. The number of anilines is 1. The molecule has 37 heavy (non-hydrogen) atoms. The maximum atomic E-state index is 5.64. The van der Waals surface area contributed by atoms with E-state index in [0.717, 1.165) is 57.9 Å². The topological polar surface area (TPSA) is 91.4 Å². The molecule has 0 amide bonds. The van der Waals surface area contributed by atoms with Crippen molar-refractivity contribution in [3.05, 3.63) is 66.7 Å². The summed E-state index contributed by atoms with van der Waals surface area (Å²) in [6.45, 7) is 2.07. The number of nitrogens with zero attached hydrogens (tertiary/aromatic N) is 6. The van der Waals surface area contributed by atoms with Gasteiger partial charge in [0, 0.05) is 56.1 Å². The van der Waals surface area contributed by atoms with Gasteiger partial charge in [0.2, 0.25) is 5.82 Å². The molecule has 1 aliphatic carbocycles. The fourth-order valence-corrected chi connectivity index (χ4v) is 5.03. The predicted molar refractivity (Wildman–Crippen MR) is 143 cm³/mol. The van der Waals surface area contributed by atoms with Gasteiger partial charge in [-0.3, -0.25) is 4.98 Å². The molecule has 9 nitrogen and oxygen atoms in total. The Morgan fingerprint density at radius 2 is 1.86 bits per heavy atom. The number of imidazole rings is 1. The van der Waals surface area contributed by atoms with Crippen LogP contribution in [0.25, 0.3) is 39.5 Å². The number of ether oxygens (including phenoxy) is 2. The van der Waals surface area contributed by atoms with Crippen LogP contribution in [-0.2, 0) is 11.8 Å². The van der Waals surface area contributed by atoms with Crippen molar-refractivity contribution in [3.63, 3.8) is 0 Å². The molecule has 1 aromatic carbocycles. The predicted octanol–water partition coefficient (Wildman–Crippen LogP) is 4.77. The Kier molecular flexibility index (Phi) is 5.84. The van der Waals surface area contributed by atoms with Gasteiger partial charge >= 0.3 is 0 Å². The number of hydrogen-bond donors (Lipinski definition) is 1. The zero-order chi connectivity index (χ0) is 25.5. The highest BCUT2D eigenvalue weighted by Crippen LogP contribution is 2.42. The van der Waals surface area contributed by atoms with E-state index in [1.807, 2.05) is 58.9 Å². The van der Waals surface area contributed by atoms with Gasteiger partial charge in [-0.1, -0.05) is 18.2 Å². The van der Waals surface area contributed by atoms with E-state index in [9.17, 15) is 0 Å². The number of fused-ring (bicyclic) bond motifs is 1. The lowest BCUT2D eigenvalue weighted by atomic mass is 9.89. The number of pyridine rings is 1. The molecule has 1 N–H and O–H groups in total. The number of benzene rings is 1. The molecule has 0 saturated heterocycles.